The molecule has 2 nitrogen and oxygen atoms in total. The maximum Gasteiger partial charge on any atom is 0.0776 e. The van der Waals surface area contributed by atoms with Crippen LogP contribution in [0.15, 0.2) is 0 Å². The van der Waals surface area contributed by atoms with Crippen LogP contribution in [0, 0.1) is 0 Å². The third-order valence-electron chi connectivity index (χ3n) is 0.804. The molecule has 0 aromatic rings. The Bertz CT molecular complexity index is 37.1. The zero-order chi connectivity index (χ0) is 5.70. The fourth-order valence-corrected chi connectivity index (χ4v) is 0.303. The van der Waals surface area contributed by atoms with Gasteiger partial charge in [0.1, 0.15) is 0 Å². The SMILES string of the molecule is COC[C@H](C)OC. The van der Waals surface area contributed by atoms with E-state index in [1.165, 1.54) is 0 Å². The molecule has 0 aliphatic carbocycles. The molecular weight excluding hydrogens is 92.1 g/mol. The van der Waals surface area contributed by atoms with Crippen molar-refractivity contribution in [3.05, 3.63) is 0 Å². The summed E-state index contributed by atoms with van der Waals surface area (Å²) in [7, 11) is 3.33. The molecule has 0 N–H and O–H groups in total. The van der Waals surface area contributed by atoms with Crippen LogP contribution in [0.3, 0.4) is 0 Å². The topological polar surface area (TPSA) is 18.5 Å². The van der Waals surface area contributed by atoms with Crippen LogP contribution in [0.5, 0.6) is 0 Å². The summed E-state index contributed by atoms with van der Waals surface area (Å²) in [5.74, 6) is 0. The van der Waals surface area contributed by atoms with Gasteiger partial charge in [-0.15, -0.1) is 0 Å². The summed E-state index contributed by atoms with van der Waals surface area (Å²) in [6, 6.07) is 0. The lowest BCUT2D eigenvalue weighted by Gasteiger charge is -2.05. The molecule has 0 bridgehead atoms. The van der Waals surface area contributed by atoms with E-state index in [1.807, 2.05) is 6.92 Å². The minimum Gasteiger partial charge on any atom is -0.382 e. The van der Waals surface area contributed by atoms with Gasteiger partial charge in [0.05, 0.1) is 12.7 Å². The average molecular weight is 104 g/mol. The van der Waals surface area contributed by atoms with Gasteiger partial charge in [0.2, 0.25) is 0 Å². The van der Waals surface area contributed by atoms with Crippen LogP contribution in [0.25, 0.3) is 0 Å². The molecular formula is C5H12O2. The number of methoxy groups -OCH3 is 2. The summed E-state index contributed by atoms with van der Waals surface area (Å²) in [6.45, 7) is 2.64. The van der Waals surface area contributed by atoms with E-state index in [0.29, 0.717) is 6.61 Å². The van der Waals surface area contributed by atoms with Crippen LogP contribution >= 0.6 is 0 Å². The van der Waals surface area contributed by atoms with E-state index in [2.05, 4.69) is 0 Å². The minimum absolute atomic E-state index is 0.227. The van der Waals surface area contributed by atoms with Crippen molar-refractivity contribution in [3.8, 4) is 0 Å². The lowest BCUT2D eigenvalue weighted by Crippen LogP contribution is -2.11. The summed E-state index contributed by atoms with van der Waals surface area (Å²) in [5.41, 5.74) is 0. The maximum absolute atomic E-state index is 4.87. The smallest absolute Gasteiger partial charge is 0.0776 e. The molecule has 1 atom stereocenters. The standard InChI is InChI=1S/C5H12O2/c1-5(7-3)4-6-2/h5H,4H2,1-3H3/t5-/m0/s1. The van der Waals surface area contributed by atoms with E-state index in [4.69, 9.17) is 9.47 Å². The van der Waals surface area contributed by atoms with Crippen molar-refractivity contribution in [1.29, 1.82) is 0 Å². The molecule has 44 valence electrons. The average Bonchev–Trinajstić information content (AvgIpc) is 1.68. The van der Waals surface area contributed by atoms with Gasteiger partial charge in [-0.1, -0.05) is 0 Å². The second-order valence-electron chi connectivity index (χ2n) is 1.50. The van der Waals surface area contributed by atoms with Crippen molar-refractivity contribution in [1.82, 2.24) is 0 Å². The first-order valence-corrected chi connectivity index (χ1v) is 2.33. The minimum atomic E-state index is 0.227. The largest absolute Gasteiger partial charge is 0.382 e. The zero-order valence-corrected chi connectivity index (χ0v) is 5.10. The van der Waals surface area contributed by atoms with Crippen LogP contribution < -0.4 is 0 Å². The molecule has 0 amide bonds. The molecule has 7 heavy (non-hydrogen) atoms. The van der Waals surface area contributed by atoms with Crippen LogP contribution in [-0.4, -0.2) is 26.9 Å². The maximum atomic E-state index is 4.87. The Morgan fingerprint density at radius 2 is 2.00 bits per heavy atom. The van der Waals surface area contributed by atoms with Gasteiger partial charge in [-0.25, -0.2) is 0 Å². The van der Waals surface area contributed by atoms with E-state index in [1.54, 1.807) is 14.2 Å². The van der Waals surface area contributed by atoms with Crippen molar-refractivity contribution in [3.63, 3.8) is 0 Å². The molecule has 0 saturated heterocycles. The van der Waals surface area contributed by atoms with E-state index >= 15 is 0 Å². The Morgan fingerprint density at radius 3 is 2.14 bits per heavy atom. The lowest BCUT2D eigenvalue weighted by atomic mass is 10.4. The Balaban J connectivity index is 2.83. The molecule has 0 spiro atoms. The molecule has 0 rings (SSSR count). The Hall–Kier alpha value is -0.0800. The fraction of sp³-hybridized carbons (Fsp3) is 1.00. The van der Waals surface area contributed by atoms with Gasteiger partial charge < -0.3 is 9.47 Å². The summed E-state index contributed by atoms with van der Waals surface area (Å²) in [5, 5.41) is 0. The third-order valence-corrected chi connectivity index (χ3v) is 0.804. The normalized spacial score (nSPS) is 14.1. The lowest BCUT2D eigenvalue weighted by molar-refractivity contribution is 0.0401. The van der Waals surface area contributed by atoms with Crippen LogP contribution in [0.2, 0.25) is 0 Å². The molecule has 0 fully saturated rings. The highest BCUT2D eigenvalue weighted by Gasteiger charge is 1.93. The molecule has 2 heteroatoms. The van der Waals surface area contributed by atoms with E-state index in [0.717, 1.165) is 0 Å². The van der Waals surface area contributed by atoms with Crippen molar-refractivity contribution >= 4 is 0 Å². The number of hydrogen-bond donors (Lipinski definition) is 0. The zero-order valence-electron chi connectivity index (χ0n) is 5.10. The van der Waals surface area contributed by atoms with Crippen molar-refractivity contribution in [2.24, 2.45) is 0 Å². The summed E-state index contributed by atoms with van der Waals surface area (Å²) in [6.07, 6.45) is 0.227. The number of hydrogen-bond acceptors (Lipinski definition) is 2. The van der Waals surface area contributed by atoms with Gasteiger partial charge in [0.25, 0.3) is 0 Å². The second-order valence-corrected chi connectivity index (χ2v) is 1.50. The quantitative estimate of drug-likeness (QED) is 0.524. The number of rotatable bonds is 3. The Labute approximate surface area is 44.4 Å². The molecule has 0 aromatic heterocycles. The van der Waals surface area contributed by atoms with Crippen LogP contribution in [-0.2, 0) is 9.47 Å². The van der Waals surface area contributed by atoms with Gasteiger partial charge in [-0.3, -0.25) is 0 Å². The summed E-state index contributed by atoms with van der Waals surface area (Å²) >= 11 is 0. The van der Waals surface area contributed by atoms with Gasteiger partial charge in [-0.05, 0) is 6.92 Å². The van der Waals surface area contributed by atoms with Crippen LogP contribution in [0.4, 0.5) is 0 Å². The highest BCUT2D eigenvalue weighted by atomic mass is 16.5. The summed E-state index contributed by atoms with van der Waals surface area (Å²) < 4.78 is 9.64. The molecule has 0 unspecified atom stereocenters. The Morgan fingerprint density at radius 1 is 1.43 bits per heavy atom. The van der Waals surface area contributed by atoms with Gasteiger partial charge in [-0.2, -0.15) is 0 Å². The van der Waals surface area contributed by atoms with Gasteiger partial charge in [0, 0.05) is 14.2 Å². The predicted octanol–water partition coefficient (Wildman–Crippen LogP) is 0.668. The fourth-order valence-electron chi connectivity index (χ4n) is 0.303. The van der Waals surface area contributed by atoms with Crippen molar-refractivity contribution in [2.75, 3.05) is 20.8 Å². The number of ether oxygens (including phenoxy) is 2. The molecule has 0 radical (unpaired) electrons. The summed E-state index contributed by atoms with van der Waals surface area (Å²) in [4.78, 5) is 0. The molecule has 0 aromatic carbocycles. The van der Waals surface area contributed by atoms with Gasteiger partial charge in [0.15, 0.2) is 0 Å². The first kappa shape index (κ1) is 6.92. The predicted molar refractivity (Wildman–Crippen MR) is 28.3 cm³/mol. The highest BCUT2D eigenvalue weighted by molar-refractivity contribution is 4.41. The molecule has 0 aliphatic rings. The van der Waals surface area contributed by atoms with E-state index < -0.39 is 0 Å². The van der Waals surface area contributed by atoms with E-state index in [9.17, 15) is 0 Å². The Kier molecular flexibility index (Phi) is 4.04. The molecule has 0 aliphatic heterocycles. The van der Waals surface area contributed by atoms with Crippen molar-refractivity contribution in [2.45, 2.75) is 13.0 Å². The van der Waals surface area contributed by atoms with Crippen molar-refractivity contribution < 1.29 is 9.47 Å². The second kappa shape index (κ2) is 4.09. The highest BCUT2D eigenvalue weighted by Crippen LogP contribution is 1.84. The monoisotopic (exact) mass is 104 g/mol. The first-order chi connectivity index (χ1) is 3.31. The third kappa shape index (κ3) is 3.76. The van der Waals surface area contributed by atoms with E-state index in [-0.39, 0.29) is 6.10 Å². The molecule has 0 saturated carbocycles. The van der Waals surface area contributed by atoms with Gasteiger partial charge >= 0.3 is 0 Å². The first-order valence-electron chi connectivity index (χ1n) is 2.33. The van der Waals surface area contributed by atoms with Crippen LogP contribution in [0.1, 0.15) is 6.92 Å². The molecule has 0 heterocycles.